The molecule has 0 fully saturated rings. The number of nitrogens with one attached hydrogen (secondary N) is 1. The molecule has 0 aromatic rings. The van der Waals surface area contributed by atoms with Crippen molar-refractivity contribution in [2.24, 2.45) is 5.41 Å². The van der Waals surface area contributed by atoms with Gasteiger partial charge in [-0.15, -0.1) is 0 Å². The molecule has 0 saturated heterocycles. The second-order valence-electron chi connectivity index (χ2n) is 4.52. The lowest BCUT2D eigenvalue weighted by atomic mass is 9.95. The highest BCUT2D eigenvalue weighted by molar-refractivity contribution is 5.84. The molecule has 0 rings (SSSR count). The first kappa shape index (κ1) is 14.9. The van der Waals surface area contributed by atoms with Crippen molar-refractivity contribution in [3.63, 3.8) is 0 Å². The van der Waals surface area contributed by atoms with E-state index in [-0.39, 0.29) is 5.91 Å². The van der Waals surface area contributed by atoms with Gasteiger partial charge in [-0.05, 0) is 33.9 Å². The summed E-state index contributed by atoms with van der Waals surface area (Å²) in [5.74, 6) is -0.200. The Morgan fingerprint density at radius 1 is 1.44 bits per heavy atom. The minimum absolute atomic E-state index is 0.200. The highest BCUT2D eigenvalue weighted by Gasteiger charge is 2.27. The van der Waals surface area contributed by atoms with Crippen molar-refractivity contribution >= 4 is 5.91 Å². The van der Waals surface area contributed by atoms with Crippen molar-refractivity contribution in [3.05, 3.63) is 0 Å². The van der Waals surface area contributed by atoms with Crippen molar-refractivity contribution in [3.8, 4) is 6.07 Å². The van der Waals surface area contributed by atoms with E-state index in [9.17, 15) is 4.79 Å². The Balaban J connectivity index is 4.17. The number of hydrogen-bond donors (Lipinski definition) is 1. The summed E-state index contributed by atoms with van der Waals surface area (Å²) < 4.78 is 0. The van der Waals surface area contributed by atoms with Crippen molar-refractivity contribution in [1.29, 1.82) is 5.26 Å². The van der Waals surface area contributed by atoms with E-state index in [1.54, 1.807) is 13.8 Å². The van der Waals surface area contributed by atoms with Gasteiger partial charge in [0.25, 0.3) is 0 Å². The molecule has 0 aromatic heterocycles. The van der Waals surface area contributed by atoms with Crippen LogP contribution in [0, 0.1) is 16.7 Å². The van der Waals surface area contributed by atoms with Crippen LogP contribution in [0.3, 0.4) is 0 Å². The molecule has 1 atom stereocenters. The largest absolute Gasteiger partial charge is 0.353 e. The summed E-state index contributed by atoms with van der Waals surface area (Å²) in [6.07, 6.45) is 0. The number of likely N-dealkylation sites (N-methyl/N-ethyl adjacent to an activating group) is 1. The van der Waals surface area contributed by atoms with E-state index in [0.717, 1.165) is 13.1 Å². The molecule has 16 heavy (non-hydrogen) atoms. The van der Waals surface area contributed by atoms with Crippen LogP contribution in [-0.4, -0.2) is 36.5 Å². The average molecular weight is 225 g/mol. The van der Waals surface area contributed by atoms with Crippen molar-refractivity contribution in [1.82, 2.24) is 10.2 Å². The molecule has 1 amide bonds. The molecule has 92 valence electrons. The molecule has 0 aliphatic carbocycles. The molecule has 0 saturated carbocycles. The van der Waals surface area contributed by atoms with Gasteiger partial charge >= 0.3 is 0 Å². The van der Waals surface area contributed by atoms with E-state index < -0.39 is 5.41 Å². The molecule has 0 bridgehead atoms. The number of amides is 1. The van der Waals surface area contributed by atoms with Crippen molar-refractivity contribution < 1.29 is 4.79 Å². The average Bonchev–Trinajstić information content (AvgIpc) is 2.27. The molecular weight excluding hydrogens is 202 g/mol. The van der Waals surface area contributed by atoms with Gasteiger partial charge in [0.15, 0.2) is 0 Å². The lowest BCUT2D eigenvalue weighted by Crippen LogP contribution is -2.45. The molecule has 0 aliphatic rings. The summed E-state index contributed by atoms with van der Waals surface area (Å²) in [5.41, 5.74) is -0.941. The molecule has 1 unspecified atom stereocenters. The SMILES string of the molecule is CCN(CC)C(C)CNC(=O)C(C)(C)C#N. The van der Waals surface area contributed by atoms with Gasteiger partial charge in [-0.2, -0.15) is 5.26 Å². The number of nitriles is 1. The predicted molar refractivity (Wildman–Crippen MR) is 64.8 cm³/mol. The van der Waals surface area contributed by atoms with E-state index >= 15 is 0 Å². The summed E-state index contributed by atoms with van der Waals surface area (Å²) in [5, 5.41) is 11.6. The van der Waals surface area contributed by atoms with Gasteiger partial charge in [0.05, 0.1) is 6.07 Å². The van der Waals surface area contributed by atoms with Crippen molar-refractivity contribution in [2.75, 3.05) is 19.6 Å². The fraction of sp³-hybridized carbons (Fsp3) is 0.833. The standard InChI is InChI=1S/C12H23N3O/c1-6-15(7-2)10(3)8-14-11(16)12(4,5)9-13/h10H,6-8H2,1-5H3,(H,14,16). The van der Waals surface area contributed by atoms with E-state index in [1.165, 1.54) is 0 Å². The monoisotopic (exact) mass is 225 g/mol. The highest BCUT2D eigenvalue weighted by Crippen LogP contribution is 2.12. The topological polar surface area (TPSA) is 56.1 Å². The molecule has 0 aliphatic heterocycles. The molecule has 0 heterocycles. The highest BCUT2D eigenvalue weighted by atomic mass is 16.2. The number of rotatable bonds is 6. The minimum atomic E-state index is -0.941. The van der Waals surface area contributed by atoms with Crippen LogP contribution in [0.25, 0.3) is 0 Å². The van der Waals surface area contributed by atoms with E-state index in [0.29, 0.717) is 12.6 Å². The molecule has 4 nitrogen and oxygen atoms in total. The quantitative estimate of drug-likeness (QED) is 0.743. The number of carbonyl (C=O) groups excluding carboxylic acids is 1. The van der Waals surface area contributed by atoms with E-state index in [2.05, 4.69) is 31.0 Å². The summed E-state index contributed by atoms with van der Waals surface area (Å²) in [6, 6.07) is 2.30. The van der Waals surface area contributed by atoms with E-state index in [4.69, 9.17) is 5.26 Å². The Morgan fingerprint density at radius 2 is 1.94 bits per heavy atom. The molecule has 0 aromatic carbocycles. The Morgan fingerprint density at radius 3 is 2.31 bits per heavy atom. The van der Waals surface area contributed by atoms with Gasteiger partial charge in [-0.25, -0.2) is 0 Å². The first-order chi connectivity index (χ1) is 7.38. The lowest BCUT2D eigenvalue weighted by Gasteiger charge is -2.27. The second-order valence-corrected chi connectivity index (χ2v) is 4.52. The fourth-order valence-electron chi connectivity index (χ4n) is 1.49. The van der Waals surface area contributed by atoms with Crippen LogP contribution in [0.5, 0.6) is 0 Å². The van der Waals surface area contributed by atoms with Gasteiger partial charge in [-0.3, -0.25) is 9.69 Å². The van der Waals surface area contributed by atoms with E-state index in [1.807, 2.05) is 6.07 Å². The van der Waals surface area contributed by atoms with Gasteiger partial charge in [0.1, 0.15) is 5.41 Å². The fourth-order valence-corrected chi connectivity index (χ4v) is 1.49. The van der Waals surface area contributed by atoms with Crippen LogP contribution in [-0.2, 0) is 4.79 Å². The zero-order valence-corrected chi connectivity index (χ0v) is 11.0. The summed E-state index contributed by atoms with van der Waals surface area (Å²) in [4.78, 5) is 13.9. The third-order valence-electron chi connectivity index (χ3n) is 2.84. The van der Waals surface area contributed by atoms with Crippen LogP contribution in [0.2, 0.25) is 0 Å². The number of nitrogens with zero attached hydrogens (tertiary/aromatic N) is 2. The minimum Gasteiger partial charge on any atom is -0.353 e. The van der Waals surface area contributed by atoms with Gasteiger partial charge in [0.2, 0.25) is 5.91 Å². The Hall–Kier alpha value is -1.08. The van der Waals surface area contributed by atoms with Crippen LogP contribution in [0.1, 0.15) is 34.6 Å². The first-order valence-corrected chi connectivity index (χ1v) is 5.82. The maximum Gasteiger partial charge on any atom is 0.239 e. The smallest absolute Gasteiger partial charge is 0.239 e. The van der Waals surface area contributed by atoms with Crippen LogP contribution >= 0.6 is 0 Å². The third-order valence-corrected chi connectivity index (χ3v) is 2.84. The second kappa shape index (κ2) is 6.49. The molecule has 0 radical (unpaired) electrons. The first-order valence-electron chi connectivity index (χ1n) is 5.82. The summed E-state index contributed by atoms with van der Waals surface area (Å²) in [7, 11) is 0. The zero-order valence-electron chi connectivity index (χ0n) is 11.0. The Labute approximate surface area is 98.6 Å². The van der Waals surface area contributed by atoms with Gasteiger partial charge < -0.3 is 5.32 Å². The van der Waals surface area contributed by atoms with Crippen LogP contribution in [0.4, 0.5) is 0 Å². The molecular formula is C12H23N3O. The predicted octanol–water partition coefficient (Wildman–Crippen LogP) is 1.38. The normalized spacial score (nSPS) is 13.3. The van der Waals surface area contributed by atoms with Gasteiger partial charge in [-0.1, -0.05) is 13.8 Å². The Bertz CT molecular complexity index is 264. The molecule has 0 spiro atoms. The summed E-state index contributed by atoms with van der Waals surface area (Å²) >= 11 is 0. The lowest BCUT2D eigenvalue weighted by molar-refractivity contribution is -0.127. The number of carbonyl (C=O) groups is 1. The maximum absolute atomic E-state index is 11.6. The maximum atomic E-state index is 11.6. The van der Waals surface area contributed by atoms with Crippen molar-refractivity contribution in [2.45, 2.75) is 40.7 Å². The Kier molecular flexibility index (Phi) is 6.05. The summed E-state index contributed by atoms with van der Waals surface area (Å²) in [6.45, 7) is 12.1. The molecule has 1 N–H and O–H groups in total. The van der Waals surface area contributed by atoms with Crippen LogP contribution < -0.4 is 5.32 Å². The molecule has 4 heteroatoms. The third kappa shape index (κ3) is 4.19. The van der Waals surface area contributed by atoms with Crippen LogP contribution in [0.15, 0.2) is 0 Å². The zero-order chi connectivity index (χ0) is 12.8. The number of hydrogen-bond acceptors (Lipinski definition) is 3. The van der Waals surface area contributed by atoms with Gasteiger partial charge in [0, 0.05) is 12.6 Å².